The van der Waals surface area contributed by atoms with Crippen LogP contribution in [0.15, 0.2) is 36.5 Å². The van der Waals surface area contributed by atoms with E-state index in [1.165, 1.54) is 12.5 Å². The first kappa shape index (κ1) is 80.0. The van der Waals surface area contributed by atoms with Crippen LogP contribution in [0.5, 0.6) is 0 Å². The second-order valence-corrected chi connectivity index (χ2v) is 16.2. The molecule has 23 heteroatoms. The lowest BCUT2D eigenvalue weighted by Gasteiger charge is -2.27. The van der Waals surface area contributed by atoms with Crippen LogP contribution in [0.25, 0.3) is 0 Å². The average Bonchev–Trinajstić information content (AvgIpc) is 3.37. The molecule has 0 aromatic heterocycles. The van der Waals surface area contributed by atoms with Gasteiger partial charge in [-0.3, -0.25) is 33.6 Å². The molecule has 1 unspecified atom stereocenters. The Kier molecular flexibility index (Phi) is 59.8. The van der Waals surface area contributed by atoms with E-state index in [4.69, 9.17) is 22.9 Å². The Balaban J connectivity index is -0.000000259. The first-order valence-electron chi connectivity index (χ1n) is 25.8. The fourth-order valence-electron chi connectivity index (χ4n) is 5.65. The third kappa shape index (κ3) is 44.1. The van der Waals surface area contributed by atoms with Crippen molar-refractivity contribution in [2.45, 2.75) is 176 Å². The summed E-state index contributed by atoms with van der Waals surface area (Å²) in [6.07, 6.45) is 10.7. The maximum atomic E-state index is 13.1. The molecule has 8 atom stereocenters. The van der Waals surface area contributed by atoms with Gasteiger partial charge in [0.2, 0.25) is 41.4 Å². The number of aliphatic hydroxyl groups is 1. The Morgan fingerprint density at radius 2 is 1.08 bits per heavy atom. The minimum absolute atomic E-state index is 0.0384. The topological polar surface area (TPSA) is 386 Å². The highest BCUT2D eigenvalue weighted by atomic mass is 16.3. The third-order valence-electron chi connectivity index (χ3n) is 9.52. The first-order chi connectivity index (χ1) is 35.1. The number of rotatable bonds is 32. The van der Waals surface area contributed by atoms with Gasteiger partial charge in [0, 0.05) is 13.0 Å². The quantitative estimate of drug-likeness (QED) is 0.0301. The summed E-state index contributed by atoms with van der Waals surface area (Å²) in [6, 6.07) is -5.59. The van der Waals surface area contributed by atoms with Gasteiger partial charge in [-0.1, -0.05) is 84.9 Å². The SMILES string of the molecule is C=C/C=C(C)\C=C/C.CC.CC.CCCC(=O)N[C@@H](CCN)C(=O)NCC=O.CCNC(=O)C(NC(=O)[C@H](CCN)NC(=O)[C@H](CCN)NC(=O)[C@H](CC(C)C)NC(=O)[C@@H](C)NC)[C@@H](C)O.CN[C@H](C=O)CCN. The van der Waals surface area contributed by atoms with Crippen LogP contribution >= 0.6 is 0 Å². The molecule has 18 N–H and O–H groups in total. The molecule has 0 saturated carbocycles. The molecule has 7 amide bonds. The Morgan fingerprint density at radius 1 is 0.622 bits per heavy atom. The highest BCUT2D eigenvalue weighted by molar-refractivity contribution is 5.96. The molecule has 0 spiro atoms. The van der Waals surface area contributed by atoms with Crippen molar-refractivity contribution in [3.8, 4) is 0 Å². The third-order valence-corrected chi connectivity index (χ3v) is 9.52. The number of allylic oxidation sites excluding steroid dienone is 5. The van der Waals surface area contributed by atoms with Crippen molar-refractivity contribution < 1.29 is 48.3 Å². The number of aldehydes is 2. The molecule has 0 aromatic rings. The Morgan fingerprint density at radius 3 is 1.43 bits per heavy atom. The van der Waals surface area contributed by atoms with Crippen LogP contribution in [0, 0.1) is 5.92 Å². The molecule has 0 saturated heterocycles. The van der Waals surface area contributed by atoms with Crippen molar-refractivity contribution in [1.29, 1.82) is 0 Å². The van der Waals surface area contributed by atoms with Crippen LogP contribution < -0.4 is 70.8 Å². The van der Waals surface area contributed by atoms with Crippen LogP contribution in [0.4, 0.5) is 0 Å². The van der Waals surface area contributed by atoms with Gasteiger partial charge in [-0.05, 0) is 119 Å². The Bertz CT molecular complexity index is 1580. The van der Waals surface area contributed by atoms with Gasteiger partial charge < -0.3 is 85.5 Å². The van der Waals surface area contributed by atoms with Gasteiger partial charge in [0.15, 0.2) is 0 Å². The standard InChI is InChI=1S/C24H48N8O6.C10H19N3O3.C8H12.C5H12N2O.2C2H6/c1-7-28-24(38)19(15(5)33)32-22(36)17(9-11-26)29-21(35)16(8-10-25)30-23(37)18(12-13(2)3)31-20(34)14(4)27-6;1-2-3-9(15)13-8(4-5-11)10(16)12-6-7-14;1-4-6-8(3)7-5-2;1-7-5(4-8)2-3-6;2*1-2/h13-19,27,33H,7-12,25-26H2,1-6H3,(H,28,38)(H,29,35)(H,30,37)(H,31,34)(H,32,36);7-8H,2-6,11H2,1H3,(H,12,16)(H,13,15);4-7H,1H2,2-3H3;4-5,7H,2-3,6H2,1H3;2*1-2H3/b;;7-5-,8-6-;;;/t14-,15-,16+,17+,18+,19?;8-;;5-;;/m10.0../s1. The summed E-state index contributed by atoms with van der Waals surface area (Å²) in [6.45, 7) is 27.2. The molecule has 0 aromatic carbocycles. The van der Waals surface area contributed by atoms with E-state index in [9.17, 15) is 48.3 Å². The van der Waals surface area contributed by atoms with E-state index in [1.54, 1.807) is 34.0 Å². The number of amides is 7. The Labute approximate surface area is 444 Å². The highest BCUT2D eigenvalue weighted by Gasteiger charge is 2.32. The van der Waals surface area contributed by atoms with Crippen molar-refractivity contribution in [3.63, 3.8) is 0 Å². The lowest BCUT2D eigenvalue weighted by molar-refractivity contribution is -0.135. The molecule has 0 aliphatic heterocycles. The van der Waals surface area contributed by atoms with Gasteiger partial charge in [-0.2, -0.15) is 0 Å². The molecule has 74 heavy (non-hydrogen) atoms. The molecule has 0 heterocycles. The summed E-state index contributed by atoms with van der Waals surface area (Å²) < 4.78 is 0. The lowest BCUT2D eigenvalue weighted by Crippen LogP contribution is -2.60. The van der Waals surface area contributed by atoms with E-state index in [1.807, 2.05) is 80.5 Å². The molecule has 0 rings (SSSR count). The normalized spacial score (nSPS) is 13.6. The van der Waals surface area contributed by atoms with E-state index >= 15 is 0 Å². The molecule has 23 nitrogen and oxygen atoms in total. The maximum Gasteiger partial charge on any atom is 0.245 e. The van der Waals surface area contributed by atoms with E-state index in [0.29, 0.717) is 45.2 Å². The smallest absolute Gasteiger partial charge is 0.245 e. The van der Waals surface area contributed by atoms with Crippen molar-refractivity contribution in [2.75, 3.05) is 53.4 Å². The van der Waals surface area contributed by atoms with Gasteiger partial charge in [0.25, 0.3) is 0 Å². The second-order valence-electron chi connectivity index (χ2n) is 16.2. The molecule has 0 fully saturated rings. The molecular formula is C51H103N13O10. The fourth-order valence-corrected chi connectivity index (χ4v) is 5.65. The summed E-state index contributed by atoms with van der Waals surface area (Å²) in [5, 5.41) is 33.4. The van der Waals surface area contributed by atoms with Crippen molar-refractivity contribution >= 4 is 53.9 Å². The van der Waals surface area contributed by atoms with E-state index < -0.39 is 66.0 Å². The fraction of sp³-hybridized carbons (Fsp3) is 0.706. The van der Waals surface area contributed by atoms with Crippen LogP contribution in [0.3, 0.4) is 0 Å². The predicted molar refractivity (Wildman–Crippen MR) is 297 cm³/mol. The summed E-state index contributed by atoms with van der Waals surface area (Å²) in [5.41, 5.74) is 23.1. The average molecular weight is 1060 g/mol. The summed E-state index contributed by atoms with van der Waals surface area (Å²) >= 11 is 0. The van der Waals surface area contributed by atoms with Crippen LogP contribution in [0.1, 0.15) is 128 Å². The minimum Gasteiger partial charge on any atom is -0.391 e. The zero-order valence-corrected chi connectivity index (χ0v) is 47.5. The van der Waals surface area contributed by atoms with Crippen LogP contribution in [-0.4, -0.2) is 161 Å². The number of hydrogen-bond acceptors (Lipinski definition) is 16. The zero-order chi connectivity index (χ0) is 58.6. The van der Waals surface area contributed by atoms with Crippen LogP contribution in [-0.2, 0) is 43.2 Å². The second kappa shape index (κ2) is 55.3. The van der Waals surface area contributed by atoms with E-state index in [0.717, 1.165) is 19.1 Å². The van der Waals surface area contributed by atoms with Gasteiger partial charge >= 0.3 is 0 Å². The largest absolute Gasteiger partial charge is 0.391 e. The minimum atomic E-state index is -1.24. The number of carbonyl (C=O) groups excluding carboxylic acids is 9. The molecule has 0 radical (unpaired) electrons. The van der Waals surface area contributed by atoms with Gasteiger partial charge in [-0.15, -0.1) is 0 Å². The number of hydrogen-bond donors (Lipinski definition) is 14. The van der Waals surface area contributed by atoms with Gasteiger partial charge in [-0.25, -0.2) is 0 Å². The highest BCUT2D eigenvalue weighted by Crippen LogP contribution is 2.07. The van der Waals surface area contributed by atoms with Crippen molar-refractivity contribution in [3.05, 3.63) is 36.5 Å². The molecule has 0 aliphatic carbocycles. The number of nitrogens with two attached hydrogens (primary N) is 4. The predicted octanol–water partition coefficient (Wildman–Crippen LogP) is -0.401. The first-order valence-corrected chi connectivity index (χ1v) is 25.8. The van der Waals surface area contributed by atoms with E-state index in [2.05, 4.69) is 54.4 Å². The summed E-state index contributed by atoms with van der Waals surface area (Å²) in [7, 11) is 3.37. The number of nitrogens with one attached hydrogen (secondary N) is 9. The van der Waals surface area contributed by atoms with Gasteiger partial charge in [0.1, 0.15) is 42.8 Å². The molecule has 432 valence electrons. The maximum absolute atomic E-state index is 13.1. The zero-order valence-electron chi connectivity index (χ0n) is 47.5. The van der Waals surface area contributed by atoms with Crippen molar-refractivity contribution in [2.24, 2.45) is 28.9 Å². The summed E-state index contributed by atoms with van der Waals surface area (Å²) in [4.78, 5) is 107. The van der Waals surface area contributed by atoms with Crippen LogP contribution in [0.2, 0.25) is 0 Å². The van der Waals surface area contributed by atoms with Gasteiger partial charge in [0.05, 0.1) is 24.7 Å². The van der Waals surface area contributed by atoms with E-state index in [-0.39, 0.29) is 62.2 Å². The monoisotopic (exact) mass is 1060 g/mol. The number of likely N-dealkylation sites (N-methyl/N-ethyl adjacent to an activating group) is 3. The summed E-state index contributed by atoms with van der Waals surface area (Å²) in [5.74, 6) is -3.38. The Hall–Kier alpha value is -5.43. The lowest BCUT2D eigenvalue weighted by atomic mass is 10.0. The molecule has 0 aliphatic rings. The number of carbonyl (C=O) groups is 9. The molecular weight excluding hydrogens is 955 g/mol. The van der Waals surface area contributed by atoms with Crippen molar-refractivity contribution in [1.82, 2.24) is 47.9 Å². The molecule has 0 bridgehead atoms. The number of aliphatic hydroxyl groups excluding tert-OH is 1.